The van der Waals surface area contributed by atoms with Crippen LogP contribution in [-0.4, -0.2) is 14.8 Å². The number of hydrogen-bond acceptors (Lipinski definition) is 4. The van der Waals surface area contributed by atoms with E-state index in [0.717, 1.165) is 21.7 Å². The number of para-hydroxylation sites is 2. The van der Waals surface area contributed by atoms with Gasteiger partial charge in [0.1, 0.15) is 12.7 Å². The second-order valence-corrected chi connectivity index (χ2v) is 6.26. The summed E-state index contributed by atoms with van der Waals surface area (Å²) in [6.07, 6.45) is 3.23. The van der Waals surface area contributed by atoms with E-state index >= 15 is 0 Å². The number of anilines is 1. The maximum atomic E-state index is 4.17. The van der Waals surface area contributed by atoms with Gasteiger partial charge in [-0.05, 0) is 45.1 Å². The summed E-state index contributed by atoms with van der Waals surface area (Å²) in [5, 5.41) is 9.73. The molecule has 0 fully saturated rings. The molecule has 0 saturated carbocycles. The maximum absolute atomic E-state index is 4.17. The van der Waals surface area contributed by atoms with Gasteiger partial charge in [-0.25, -0.2) is 9.67 Å². The highest BCUT2D eigenvalue weighted by atomic mass is 79.9. The van der Waals surface area contributed by atoms with Gasteiger partial charge in [-0.15, -0.1) is 11.3 Å². The van der Waals surface area contributed by atoms with Crippen molar-refractivity contribution in [1.29, 1.82) is 0 Å². The van der Waals surface area contributed by atoms with Crippen molar-refractivity contribution in [1.82, 2.24) is 14.8 Å². The normalized spacial score (nSPS) is 10.6. The molecular formula is C13H11BrN4S. The summed E-state index contributed by atoms with van der Waals surface area (Å²) in [6, 6.07) is 10.2. The topological polar surface area (TPSA) is 42.7 Å². The minimum Gasteiger partial charge on any atom is -0.379 e. The largest absolute Gasteiger partial charge is 0.379 e. The second kappa shape index (κ2) is 5.54. The molecule has 19 heavy (non-hydrogen) atoms. The average Bonchev–Trinajstić information content (AvgIpc) is 3.08. The smallest absolute Gasteiger partial charge is 0.138 e. The number of halogens is 1. The van der Waals surface area contributed by atoms with E-state index < -0.39 is 0 Å². The van der Waals surface area contributed by atoms with Crippen molar-refractivity contribution in [3.63, 3.8) is 0 Å². The maximum Gasteiger partial charge on any atom is 0.138 e. The molecule has 0 aliphatic carbocycles. The Bertz CT molecular complexity index is 663. The molecule has 0 radical (unpaired) electrons. The molecule has 0 spiro atoms. The lowest BCUT2D eigenvalue weighted by molar-refractivity contribution is 0.878. The molecule has 0 bridgehead atoms. The molecule has 0 unspecified atom stereocenters. The fourth-order valence-electron chi connectivity index (χ4n) is 1.79. The zero-order valence-electron chi connectivity index (χ0n) is 9.95. The highest BCUT2D eigenvalue weighted by Crippen LogP contribution is 2.23. The standard InChI is InChI=1S/C13H11BrN4S/c14-13-5-10(7-19-13)6-16-11-3-1-2-4-12(11)18-9-15-8-17-18/h1-5,7-9,16H,6H2. The summed E-state index contributed by atoms with van der Waals surface area (Å²) in [4.78, 5) is 3.98. The average molecular weight is 335 g/mol. The summed E-state index contributed by atoms with van der Waals surface area (Å²) in [6.45, 7) is 0.786. The molecule has 6 heteroatoms. The predicted octanol–water partition coefficient (Wildman–Crippen LogP) is 3.70. The Balaban J connectivity index is 1.81. The fraction of sp³-hybridized carbons (Fsp3) is 0.0769. The molecule has 0 saturated heterocycles. The summed E-state index contributed by atoms with van der Waals surface area (Å²) in [7, 11) is 0. The van der Waals surface area contributed by atoms with Crippen LogP contribution in [-0.2, 0) is 6.54 Å². The number of hydrogen-bond donors (Lipinski definition) is 1. The van der Waals surface area contributed by atoms with Crippen LogP contribution in [0.3, 0.4) is 0 Å². The van der Waals surface area contributed by atoms with E-state index in [-0.39, 0.29) is 0 Å². The van der Waals surface area contributed by atoms with Crippen molar-refractivity contribution >= 4 is 33.0 Å². The van der Waals surface area contributed by atoms with E-state index in [0.29, 0.717) is 0 Å². The van der Waals surface area contributed by atoms with Crippen LogP contribution in [0.15, 0.2) is 52.2 Å². The molecule has 0 atom stereocenters. The number of benzene rings is 1. The Kier molecular flexibility index (Phi) is 3.61. The van der Waals surface area contributed by atoms with Gasteiger partial charge in [-0.2, -0.15) is 5.10 Å². The van der Waals surface area contributed by atoms with Crippen molar-refractivity contribution in [3.8, 4) is 5.69 Å². The molecular weight excluding hydrogens is 324 g/mol. The molecule has 2 aromatic heterocycles. The minimum atomic E-state index is 0.786. The van der Waals surface area contributed by atoms with Crippen LogP contribution in [0.25, 0.3) is 5.69 Å². The number of rotatable bonds is 4. The summed E-state index contributed by atoms with van der Waals surface area (Å²) >= 11 is 5.16. The van der Waals surface area contributed by atoms with E-state index in [1.807, 2.05) is 24.3 Å². The van der Waals surface area contributed by atoms with Gasteiger partial charge in [0, 0.05) is 6.54 Å². The van der Waals surface area contributed by atoms with Gasteiger partial charge >= 0.3 is 0 Å². The second-order valence-electron chi connectivity index (χ2n) is 3.97. The summed E-state index contributed by atoms with van der Waals surface area (Å²) < 4.78 is 2.90. The predicted molar refractivity (Wildman–Crippen MR) is 80.7 cm³/mol. The van der Waals surface area contributed by atoms with Crippen LogP contribution in [0.2, 0.25) is 0 Å². The minimum absolute atomic E-state index is 0.786. The zero-order chi connectivity index (χ0) is 13.1. The first-order valence-corrected chi connectivity index (χ1v) is 7.41. The molecule has 3 aromatic rings. The Labute approximate surface area is 123 Å². The Morgan fingerprint density at radius 3 is 2.95 bits per heavy atom. The third-order valence-electron chi connectivity index (χ3n) is 2.67. The van der Waals surface area contributed by atoms with Gasteiger partial charge in [-0.1, -0.05) is 12.1 Å². The van der Waals surface area contributed by atoms with Crippen molar-refractivity contribution in [2.75, 3.05) is 5.32 Å². The number of nitrogens with one attached hydrogen (secondary N) is 1. The van der Waals surface area contributed by atoms with Gasteiger partial charge in [-0.3, -0.25) is 0 Å². The monoisotopic (exact) mass is 334 g/mol. The first-order chi connectivity index (χ1) is 9.33. The molecule has 2 heterocycles. The summed E-state index contributed by atoms with van der Waals surface area (Å²) in [5.74, 6) is 0. The van der Waals surface area contributed by atoms with Crippen molar-refractivity contribution in [3.05, 3.63) is 57.7 Å². The molecule has 96 valence electrons. The van der Waals surface area contributed by atoms with Crippen LogP contribution in [0.1, 0.15) is 5.56 Å². The SMILES string of the molecule is Brc1cc(CNc2ccccc2-n2cncn2)cs1. The molecule has 0 amide bonds. The van der Waals surface area contributed by atoms with E-state index in [1.165, 1.54) is 11.9 Å². The van der Waals surface area contributed by atoms with E-state index in [2.05, 4.69) is 42.8 Å². The van der Waals surface area contributed by atoms with Gasteiger partial charge in [0.05, 0.1) is 15.2 Å². The lowest BCUT2D eigenvalue weighted by atomic mass is 10.2. The number of thiophene rings is 1. The lowest BCUT2D eigenvalue weighted by Crippen LogP contribution is -2.04. The first-order valence-electron chi connectivity index (χ1n) is 5.74. The first kappa shape index (κ1) is 12.4. The number of nitrogens with zero attached hydrogens (tertiary/aromatic N) is 3. The molecule has 0 aliphatic rings. The van der Waals surface area contributed by atoms with E-state index in [4.69, 9.17) is 0 Å². The molecule has 4 nitrogen and oxygen atoms in total. The zero-order valence-corrected chi connectivity index (χ0v) is 12.4. The molecule has 3 rings (SSSR count). The van der Waals surface area contributed by atoms with Crippen LogP contribution in [0.4, 0.5) is 5.69 Å². The van der Waals surface area contributed by atoms with E-state index in [9.17, 15) is 0 Å². The third-order valence-corrected chi connectivity index (χ3v) is 4.23. The van der Waals surface area contributed by atoms with Crippen LogP contribution < -0.4 is 5.32 Å². The Hall–Kier alpha value is -1.66. The fourth-order valence-corrected chi connectivity index (χ4v) is 3.00. The number of aromatic nitrogens is 3. The van der Waals surface area contributed by atoms with E-state index in [1.54, 1.807) is 22.3 Å². The molecule has 1 N–H and O–H groups in total. The quantitative estimate of drug-likeness (QED) is 0.790. The van der Waals surface area contributed by atoms with Crippen molar-refractivity contribution in [2.45, 2.75) is 6.54 Å². The highest BCUT2D eigenvalue weighted by molar-refractivity contribution is 9.11. The van der Waals surface area contributed by atoms with Gasteiger partial charge in [0.2, 0.25) is 0 Å². The van der Waals surface area contributed by atoms with Gasteiger partial charge in [0.15, 0.2) is 0 Å². The van der Waals surface area contributed by atoms with Gasteiger partial charge < -0.3 is 5.32 Å². The third kappa shape index (κ3) is 2.85. The molecule has 0 aliphatic heterocycles. The van der Waals surface area contributed by atoms with Crippen molar-refractivity contribution in [2.24, 2.45) is 0 Å². The molecule has 1 aromatic carbocycles. The van der Waals surface area contributed by atoms with Crippen LogP contribution in [0.5, 0.6) is 0 Å². The lowest BCUT2D eigenvalue weighted by Gasteiger charge is -2.10. The van der Waals surface area contributed by atoms with Crippen LogP contribution in [0, 0.1) is 0 Å². The Morgan fingerprint density at radius 1 is 1.32 bits per heavy atom. The van der Waals surface area contributed by atoms with Crippen molar-refractivity contribution < 1.29 is 0 Å². The Morgan fingerprint density at radius 2 is 2.21 bits per heavy atom. The highest BCUT2D eigenvalue weighted by Gasteiger charge is 2.04. The van der Waals surface area contributed by atoms with Gasteiger partial charge in [0.25, 0.3) is 0 Å². The summed E-state index contributed by atoms with van der Waals surface area (Å²) in [5.41, 5.74) is 3.29. The van der Waals surface area contributed by atoms with Crippen LogP contribution >= 0.6 is 27.3 Å².